The van der Waals surface area contributed by atoms with Gasteiger partial charge in [-0.05, 0) is 18.6 Å². The Morgan fingerprint density at radius 3 is 2.50 bits per heavy atom. The lowest BCUT2D eigenvalue weighted by Gasteiger charge is -2.06. The van der Waals surface area contributed by atoms with Gasteiger partial charge in [0.15, 0.2) is 5.78 Å². The number of ketones is 1. The van der Waals surface area contributed by atoms with Crippen molar-refractivity contribution in [3.05, 3.63) is 29.6 Å². The van der Waals surface area contributed by atoms with Gasteiger partial charge in [-0.2, -0.15) is 0 Å². The lowest BCUT2D eigenvalue weighted by molar-refractivity contribution is -0.118. The smallest absolute Gasteiger partial charge is 0.354 e. The fourth-order valence-electron chi connectivity index (χ4n) is 0.950. The van der Waals surface area contributed by atoms with Crippen molar-refractivity contribution in [3.8, 4) is 0 Å². The quantitative estimate of drug-likeness (QED) is 0.725. The first-order chi connectivity index (χ1) is 6.52. The van der Waals surface area contributed by atoms with Crippen LogP contribution in [-0.2, 0) is 4.79 Å². The lowest BCUT2D eigenvalue weighted by atomic mass is 10.1. The number of aromatic carboxylic acids is 1. The monoisotopic (exact) mass is 194 g/mol. The first-order valence-corrected chi connectivity index (χ1v) is 3.97. The second-order valence-corrected chi connectivity index (χ2v) is 2.87. The maximum absolute atomic E-state index is 10.9. The molecule has 14 heavy (non-hydrogen) atoms. The largest absolute Gasteiger partial charge is 0.477 e. The Morgan fingerprint density at radius 2 is 2.14 bits per heavy atom. The predicted molar refractivity (Wildman–Crippen MR) is 48.8 cm³/mol. The Bertz CT molecular complexity index is 359. The van der Waals surface area contributed by atoms with Gasteiger partial charge in [-0.15, -0.1) is 0 Å². The molecule has 1 atom stereocenters. The van der Waals surface area contributed by atoms with E-state index >= 15 is 0 Å². The molecule has 0 saturated carbocycles. The number of rotatable bonds is 3. The van der Waals surface area contributed by atoms with Crippen LogP contribution in [0.1, 0.15) is 29.0 Å². The minimum atomic E-state index is -1.10. The highest BCUT2D eigenvalue weighted by molar-refractivity contribution is 5.86. The lowest BCUT2D eigenvalue weighted by Crippen LogP contribution is -2.19. The molecule has 1 unspecified atom stereocenters. The summed E-state index contributed by atoms with van der Waals surface area (Å²) >= 11 is 0. The molecule has 0 aliphatic carbocycles. The number of hydrogen-bond donors (Lipinski definition) is 2. The fourth-order valence-corrected chi connectivity index (χ4v) is 0.950. The van der Waals surface area contributed by atoms with E-state index in [0.29, 0.717) is 5.56 Å². The van der Waals surface area contributed by atoms with Gasteiger partial charge in [0.1, 0.15) is 5.69 Å². The number of nitrogens with zero attached hydrogens (tertiary/aromatic N) is 1. The van der Waals surface area contributed by atoms with Crippen molar-refractivity contribution in [1.82, 2.24) is 4.98 Å². The van der Waals surface area contributed by atoms with E-state index in [1.165, 1.54) is 25.3 Å². The average molecular weight is 194 g/mol. The van der Waals surface area contributed by atoms with Gasteiger partial charge >= 0.3 is 5.97 Å². The van der Waals surface area contributed by atoms with E-state index in [1.54, 1.807) is 0 Å². The van der Waals surface area contributed by atoms with E-state index in [2.05, 4.69) is 4.98 Å². The van der Waals surface area contributed by atoms with Crippen molar-refractivity contribution >= 4 is 11.8 Å². The molecule has 5 nitrogen and oxygen atoms in total. The third-order valence-corrected chi connectivity index (χ3v) is 1.80. The van der Waals surface area contributed by atoms with Gasteiger partial charge < -0.3 is 10.8 Å². The molecular weight excluding hydrogens is 184 g/mol. The highest BCUT2D eigenvalue weighted by Crippen LogP contribution is 2.10. The molecule has 0 bridgehead atoms. The fraction of sp³-hybridized carbons (Fsp3) is 0.222. The highest BCUT2D eigenvalue weighted by atomic mass is 16.4. The van der Waals surface area contributed by atoms with Crippen molar-refractivity contribution in [1.29, 1.82) is 0 Å². The van der Waals surface area contributed by atoms with Crippen LogP contribution < -0.4 is 5.73 Å². The molecule has 1 heterocycles. The van der Waals surface area contributed by atoms with Gasteiger partial charge in [-0.25, -0.2) is 9.78 Å². The molecular formula is C9H10N2O3. The summed E-state index contributed by atoms with van der Waals surface area (Å²) in [7, 11) is 0. The summed E-state index contributed by atoms with van der Waals surface area (Å²) in [5.74, 6) is -1.29. The maximum Gasteiger partial charge on any atom is 0.354 e. The second-order valence-electron chi connectivity index (χ2n) is 2.87. The van der Waals surface area contributed by atoms with Crippen LogP contribution in [0.5, 0.6) is 0 Å². The van der Waals surface area contributed by atoms with Gasteiger partial charge in [0.05, 0.1) is 6.04 Å². The van der Waals surface area contributed by atoms with Crippen LogP contribution in [0, 0.1) is 0 Å². The molecule has 0 fully saturated rings. The number of carbonyl (C=O) groups is 2. The van der Waals surface area contributed by atoms with Crippen LogP contribution in [0.25, 0.3) is 0 Å². The minimum Gasteiger partial charge on any atom is -0.477 e. The molecule has 3 N–H and O–H groups in total. The van der Waals surface area contributed by atoms with Crippen LogP contribution in [0.4, 0.5) is 0 Å². The van der Waals surface area contributed by atoms with E-state index in [0.717, 1.165) is 0 Å². The Labute approximate surface area is 80.6 Å². The van der Waals surface area contributed by atoms with Crippen molar-refractivity contribution in [2.24, 2.45) is 5.73 Å². The summed E-state index contributed by atoms with van der Waals surface area (Å²) in [4.78, 5) is 25.0. The highest BCUT2D eigenvalue weighted by Gasteiger charge is 2.12. The van der Waals surface area contributed by atoms with Crippen molar-refractivity contribution in [3.63, 3.8) is 0 Å². The van der Waals surface area contributed by atoms with Crippen LogP contribution in [0.15, 0.2) is 18.3 Å². The molecule has 74 valence electrons. The van der Waals surface area contributed by atoms with Crippen molar-refractivity contribution in [2.45, 2.75) is 13.0 Å². The number of nitrogens with two attached hydrogens (primary N) is 1. The first kappa shape index (κ1) is 10.3. The van der Waals surface area contributed by atoms with E-state index in [9.17, 15) is 9.59 Å². The Morgan fingerprint density at radius 1 is 1.50 bits per heavy atom. The van der Waals surface area contributed by atoms with Crippen LogP contribution in [0.3, 0.4) is 0 Å². The molecule has 1 aromatic rings. The summed E-state index contributed by atoms with van der Waals surface area (Å²) < 4.78 is 0. The number of hydrogen-bond acceptors (Lipinski definition) is 4. The van der Waals surface area contributed by atoms with Gasteiger partial charge in [-0.3, -0.25) is 4.79 Å². The van der Waals surface area contributed by atoms with Gasteiger partial charge in [0, 0.05) is 6.20 Å². The summed E-state index contributed by atoms with van der Waals surface area (Å²) in [5.41, 5.74) is 5.98. The summed E-state index contributed by atoms with van der Waals surface area (Å²) in [5, 5.41) is 8.56. The predicted octanol–water partition coefficient (Wildman–Crippen LogP) is 0.369. The molecule has 0 aliphatic heterocycles. The van der Waals surface area contributed by atoms with Gasteiger partial charge in [0.2, 0.25) is 0 Å². The zero-order valence-electron chi connectivity index (χ0n) is 7.60. The molecule has 0 radical (unpaired) electrons. The molecule has 5 heteroatoms. The Balaban J connectivity index is 2.94. The zero-order chi connectivity index (χ0) is 10.7. The number of pyridine rings is 1. The summed E-state index contributed by atoms with van der Waals surface area (Å²) in [6.45, 7) is 1.37. The average Bonchev–Trinajstić information content (AvgIpc) is 2.16. The van der Waals surface area contributed by atoms with Crippen molar-refractivity contribution < 1.29 is 14.7 Å². The van der Waals surface area contributed by atoms with Crippen molar-refractivity contribution in [2.75, 3.05) is 0 Å². The normalized spacial score (nSPS) is 12.1. The summed E-state index contributed by atoms with van der Waals surface area (Å²) in [6, 6.07) is 2.08. The number of carbonyl (C=O) groups excluding carboxylic acids is 1. The SMILES string of the molecule is CC(=O)C(N)c1ccc(C(=O)O)nc1. The third-order valence-electron chi connectivity index (χ3n) is 1.80. The first-order valence-electron chi connectivity index (χ1n) is 3.97. The Kier molecular flexibility index (Phi) is 2.93. The van der Waals surface area contributed by atoms with E-state index < -0.39 is 12.0 Å². The minimum absolute atomic E-state index is 0.0653. The maximum atomic E-state index is 10.9. The van der Waals surface area contributed by atoms with Crippen LogP contribution in [-0.4, -0.2) is 21.8 Å². The molecule has 0 aliphatic rings. The molecule has 1 aromatic heterocycles. The molecule has 1 rings (SSSR count). The number of carboxylic acid groups (broad SMARTS) is 1. The van der Waals surface area contributed by atoms with Crippen LogP contribution in [0.2, 0.25) is 0 Å². The molecule has 0 spiro atoms. The number of carboxylic acids is 1. The molecule has 0 amide bonds. The van der Waals surface area contributed by atoms with Gasteiger partial charge in [0.25, 0.3) is 0 Å². The Hall–Kier alpha value is -1.75. The van der Waals surface area contributed by atoms with E-state index in [-0.39, 0.29) is 11.5 Å². The zero-order valence-corrected chi connectivity index (χ0v) is 7.60. The third kappa shape index (κ3) is 2.14. The second kappa shape index (κ2) is 3.97. The summed E-state index contributed by atoms with van der Waals surface area (Å²) in [6.07, 6.45) is 1.30. The van der Waals surface area contributed by atoms with E-state index in [4.69, 9.17) is 10.8 Å². The number of aromatic nitrogens is 1. The van der Waals surface area contributed by atoms with Gasteiger partial charge in [-0.1, -0.05) is 6.07 Å². The number of Topliss-reactive ketones (excluding diaryl/α,β-unsaturated/α-hetero) is 1. The topological polar surface area (TPSA) is 93.3 Å². The van der Waals surface area contributed by atoms with Crippen LogP contribution >= 0.6 is 0 Å². The van der Waals surface area contributed by atoms with E-state index in [1.807, 2.05) is 0 Å². The molecule has 0 aromatic carbocycles. The molecule has 0 saturated heterocycles. The standard InChI is InChI=1S/C9H10N2O3/c1-5(12)8(10)6-2-3-7(9(13)14)11-4-6/h2-4,8H,10H2,1H3,(H,13,14).